The van der Waals surface area contributed by atoms with Crippen LogP contribution in [-0.2, 0) is 10.0 Å². The van der Waals surface area contributed by atoms with E-state index in [9.17, 15) is 23.2 Å². The van der Waals surface area contributed by atoms with Crippen LogP contribution in [0.15, 0.2) is 25.1 Å². The van der Waals surface area contributed by atoms with Gasteiger partial charge in [0.05, 0.1) is 12.3 Å². The summed E-state index contributed by atoms with van der Waals surface area (Å²) in [6, 6.07) is 1.02. The van der Waals surface area contributed by atoms with E-state index in [1.807, 2.05) is 33.8 Å². The SMILES string of the molecule is Cc1cc([C@H](N=c2[nH][s+]([O-])nc2Nc2csc(S(=O)(=O)N3CCCC3CO)c2O)C(C)C)oc1C. The number of furan rings is 1. The maximum Gasteiger partial charge on any atom is 0.256 e. The highest BCUT2D eigenvalue weighted by Crippen LogP contribution is 2.41. The smallest absolute Gasteiger partial charge is 0.256 e. The van der Waals surface area contributed by atoms with Gasteiger partial charge in [0.1, 0.15) is 17.6 Å². The van der Waals surface area contributed by atoms with Crippen LogP contribution < -0.4 is 10.8 Å². The number of aromatic amines is 1. The first-order valence-corrected chi connectivity index (χ1v) is 14.6. The van der Waals surface area contributed by atoms with Crippen LogP contribution in [0.4, 0.5) is 11.5 Å². The van der Waals surface area contributed by atoms with Crippen molar-refractivity contribution >= 4 is 44.0 Å². The minimum Gasteiger partial charge on any atom is -0.548 e. The lowest BCUT2D eigenvalue weighted by molar-refractivity contribution is 0.213. The van der Waals surface area contributed by atoms with Gasteiger partial charge in [0.25, 0.3) is 10.0 Å². The molecule has 0 amide bonds. The molecular formula is C21H29N5O6S3. The Morgan fingerprint density at radius 1 is 1.46 bits per heavy atom. The molecule has 4 heterocycles. The maximum absolute atomic E-state index is 13.1. The zero-order valence-electron chi connectivity index (χ0n) is 19.8. The molecule has 0 spiro atoms. The third-order valence-corrected chi connectivity index (χ3v) is 10.2. The van der Waals surface area contributed by atoms with Crippen LogP contribution in [0.1, 0.15) is 49.8 Å². The van der Waals surface area contributed by atoms with E-state index in [1.54, 1.807) is 0 Å². The monoisotopic (exact) mass is 543 g/mol. The third-order valence-electron chi connectivity index (χ3n) is 6.02. The summed E-state index contributed by atoms with van der Waals surface area (Å²) >= 11 is -0.927. The third kappa shape index (κ3) is 5.04. The number of hydrogen-bond donors (Lipinski definition) is 4. The number of nitrogens with one attached hydrogen (secondary N) is 2. The Morgan fingerprint density at radius 2 is 2.20 bits per heavy atom. The molecule has 0 saturated carbocycles. The molecule has 4 rings (SSSR count). The zero-order valence-corrected chi connectivity index (χ0v) is 22.3. The lowest BCUT2D eigenvalue weighted by atomic mass is 10.0. The van der Waals surface area contributed by atoms with Crippen molar-refractivity contribution in [2.45, 2.75) is 56.8 Å². The number of anilines is 2. The van der Waals surface area contributed by atoms with Crippen LogP contribution in [0.3, 0.4) is 0 Å². The number of rotatable bonds is 8. The Morgan fingerprint density at radius 3 is 2.83 bits per heavy atom. The van der Waals surface area contributed by atoms with Crippen LogP contribution in [-0.4, -0.2) is 55.4 Å². The van der Waals surface area contributed by atoms with Crippen LogP contribution in [0.5, 0.6) is 5.75 Å². The summed E-state index contributed by atoms with van der Waals surface area (Å²) in [5.74, 6) is 1.16. The largest absolute Gasteiger partial charge is 0.548 e. The minimum absolute atomic E-state index is 0.0516. The highest BCUT2D eigenvalue weighted by atomic mass is 32.2. The fourth-order valence-corrected chi connectivity index (χ4v) is 7.72. The number of thiophene rings is 1. The Hall–Kier alpha value is -2.23. The number of H-pyrrole nitrogens is 1. The van der Waals surface area contributed by atoms with E-state index in [0.29, 0.717) is 18.6 Å². The zero-order chi connectivity index (χ0) is 25.5. The second-order valence-electron chi connectivity index (χ2n) is 8.85. The second kappa shape index (κ2) is 10.0. The fraction of sp³-hybridized carbons (Fsp3) is 0.524. The van der Waals surface area contributed by atoms with Gasteiger partial charge in [0, 0.05) is 22.3 Å². The molecule has 0 aromatic carbocycles. The van der Waals surface area contributed by atoms with Crippen molar-refractivity contribution in [1.29, 1.82) is 0 Å². The van der Waals surface area contributed by atoms with Crippen molar-refractivity contribution in [3.63, 3.8) is 0 Å². The van der Waals surface area contributed by atoms with Gasteiger partial charge in [-0.15, -0.1) is 15.7 Å². The molecule has 1 aliphatic heterocycles. The summed E-state index contributed by atoms with van der Waals surface area (Å²) in [4.78, 5) is 4.69. The topological polar surface area (TPSA) is 167 Å². The molecule has 3 atom stereocenters. The minimum atomic E-state index is -3.99. The van der Waals surface area contributed by atoms with Crippen molar-refractivity contribution in [2.75, 3.05) is 18.5 Å². The molecule has 1 fully saturated rings. The van der Waals surface area contributed by atoms with Crippen molar-refractivity contribution in [1.82, 2.24) is 13.1 Å². The Kier molecular flexibility index (Phi) is 7.41. The molecule has 14 heteroatoms. The summed E-state index contributed by atoms with van der Waals surface area (Å²) < 4.78 is 52.0. The highest BCUT2D eigenvalue weighted by molar-refractivity contribution is 7.91. The fourth-order valence-electron chi connectivity index (χ4n) is 4.03. The first kappa shape index (κ1) is 25.9. The maximum atomic E-state index is 13.1. The highest BCUT2D eigenvalue weighted by Gasteiger charge is 2.38. The number of aliphatic hydroxyl groups excluding tert-OH is 1. The Balaban J connectivity index is 1.67. The molecule has 192 valence electrons. The predicted molar refractivity (Wildman–Crippen MR) is 132 cm³/mol. The lowest BCUT2D eigenvalue weighted by Crippen LogP contribution is -2.37. The van der Waals surface area contributed by atoms with Gasteiger partial charge in [-0.05, 0) is 44.2 Å². The quantitative estimate of drug-likeness (QED) is 0.314. The van der Waals surface area contributed by atoms with Crippen LogP contribution in [0.25, 0.3) is 0 Å². The Bertz CT molecular complexity index is 1350. The van der Waals surface area contributed by atoms with Gasteiger partial charge in [-0.1, -0.05) is 13.8 Å². The molecule has 1 saturated heterocycles. The van der Waals surface area contributed by atoms with Crippen molar-refractivity contribution < 1.29 is 27.6 Å². The molecule has 2 unspecified atom stereocenters. The molecule has 0 aliphatic carbocycles. The van der Waals surface area contributed by atoms with Crippen molar-refractivity contribution in [3.8, 4) is 5.75 Å². The van der Waals surface area contributed by atoms with Gasteiger partial charge in [-0.3, -0.25) is 0 Å². The van der Waals surface area contributed by atoms with Crippen LogP contribution in [0.2, 0.25) is 0 Å². The number of sulfonamides is 1. The molecule has 3 aromatic heterocycles. The van der Waals surface area contributed by atoms with E-state index in [-0.39, 0.29) is 46.3 Å². The van der Waals surface area contributed by atoms with Gasteiger partial charge >= 0.3 is 0 Å². The average Bonchev–Trinajstić information content (AvgIpc) is 3.55. The number of hydrogen-bond acceptors (Lipinski definition) is 10. The molecule has 3 aromatic rings. The Labute approximate surface area is 210 Å². The van der Waals surface area contributed by atoms with Crippen LogP contribution >= 0.6 is 22.5 Å². The predicted octanol–water partition coefficient (Wildman–Crippen LogP) is 3.30. The summed E-state index contributed by atoms with van der Waals surface area (Å²) in [5.41, 5.74) is 1.31. The number of aromatic hydroxyl groups is 1. The van der Waals surface area contributed by atoms with Gasteiger partial charge < -0.3 is 24.5 Å². The molecule has 0 radical (unpaired) electrons. The summed E-state index contributed by atoms with van der Waals surface area (Å²) in [7, 11) is -3.99. The number of aromatic nitrogens is 2. The molecule has 0 bridgehead atoms. The summed E-state index contributed by atoms with van der Waals surface area (Å²) in [5, 5.41) is 24.6. The van der Waals surface area contributed by atoms with E-state index in [4.69, 9.17) is 4.42 Å². The number of aliphatic hydroxyl groups is 1. The standard InChI is InChI=1S/C21H29N5O6S3/c1-11(2)17(16-8-12(3)13(4)32-16)23-20-19(24-34(29)25-20)22-15-10-33-21(18(15)28)35(30,31)26-7-5-6-14(26)9-27/h8,10-11,14,17,27-28H,5-7,9H2,1-4H3,(H,22,24)(H,23,25)/t14?,17-,34?/m1/s1. The van der Waals surface area contributed by atoms with E-state index < -0.39 is 33.0 Å². The number of nitrogens with zero attached hydrogens (tertiary/aromatic N) is 3. The van der Waals surface area contributed by atoms with Gasteiger partial charge in [-0.2, -0.15) is 4.31 Å². The van der Waals surface area contributed by atoms with E-state index >= 15 is 0 Å². The van der Waals surface area contributed by atoms with Crippen molar-refractivity contribution in [2.24, 2.45) is 10.9 Å². The molecule has 11 nitrogen and oxygen atoms in total. The van der Waals surface area contributed by atoms with E-state index in [1.165, 1.54) is 9.69 Å². The van der Waals surface area contributed by atoms with Crippen LogP contribution in [0, 0.1) is 19.8 Å². The van der Waals surface area contributed by atoms with E-state index in [2.05, 4.69) is 19.1 Å². The normalized spacial score (nSPS) is 19.1. The molecular weight excluding hydrogens is 514 g/mol. The molecule has 4 N–H and O–H groups in total. The molecule has 35 heavy (non-hydrogen) atoms. The number of aryl methyl sites for hydroxylation is 2. The molecule has 1 aliphatic rings. The first-order chi connectivity index (χ1) is 16.5. The summed E-state index contributed by atoms with van der Waals surface area (Å²) in [6.45, 7) is 7.78. The lowest BCUT2D eigenvalue weighted by Gasteiger charge is -2.21. The van der Waals surface area contributed by atoms with E-state index in [0.717, 1.165) is 22.7 Å². The van der Waals surface area contributed by atoms with Gasteiger partial charge in [0.2, 0.25) is 11.3 Å². The first-order valence-electron chi connectivity index (χ1n) is 11.2. The summed E-state index contributed by atoms with van der Waals surface area (Å²) in [6.07, 6.45) is 1.20. The van der Waals surface area contributed by atoms with Crippen molar-refractivity contribution in [3.05, 3.63) is 34.0 Å². The van der Waals surface area contributed by atoms with Gasteiger partial charge in [0.15, 0.2) is 21.1 Å². The average molecular weight is 544 g/mol. The van der Waals surface area contributed by atoms with Gasteiger partial charge in [-0.25, -0.2) is 13.4 Å². The second-order valence-corrected chi connectivity index (χ2v) is 12.7.